The maximum Gasteiger partial charge on any atom is 0.246 e. The van der Waals surface area contributed by atoms with E-state index in [1.165, 1.54) is 6.42 Å². The zero-order chi connectivity index (χ0) is 23.9. The average Bonchev–Trinajstić information content (AvgIpc) is 3.38. The Labute approximate surface area is 202 Å². The van der Waals surface area contributed by atoms with Crippen LogP contribution < -0.4 is 5.32 Å². The minimum Gasteiger partial charge on any atom is -0.344 e. The van der Waals surface area contributed by atoms with Gasteiger partial charge in [-0.05, 0) is 43.6 Å². The number of carbonyl (C=O) groups excluding carboxylic acids is 2. The molecule has 1 aliphatic carbocycles. The Morgan fingerprint density at radius 3 is 2.56 bits per heavy atom. The summed E-state index contributed by atoms with van der Waals surface area (Å²) in [6.07, 6.45) is 10.1. The highest BCUT2D eigenvalue weighted by Gasteiger charge is 2.40. The van der Waals surface area contributed by atoms with Crippen molar-refractivity contribution in [2.24, 2.45) is 11.8 Å². The van der Waals surface area contributed by atoms with Crippen molar-refractivity contribution in [3.63, 3.8) is 0 Å². The monoisotopic (exact) mass is 463 g/mol. The SMILES string of the molecule is CC[C@@H](C)C(=O)N[C@H](C(=O)N1CCC[C@H]1c1ncnc(Cc2ccccc2)n1)C1CCCCC1. The molecule has 1 N–H and O–H groups in total. The highest BCUT2D eigenvalue weighted by molar-refractivity contribution is 5.89. The minimum absolute atomic E-state index is 0.0209. The lowest BCUT2D eigenvalue weighted by molar-refractivity contribution is -0.140. The van der Waals surface area contributed by atoms with Gasteiger partial charge in [-0.3, -0.25) is 9.59 Å². The Kier molecular flexibility index (Phi) is 8.25. The molecule has 0 unspecified atom stereocenters. The van der Waals surface area contributed by atoms with Gasteiger partial charge in [0.1, 0.15) is 18.2 Å². The standard InChI is InChI=1S/C27H37N5O2/c1-3-19(2)26(33)31-24(21-13-8-5-9-14-21)27(34)32-16-10-15-22(32)25-29-18-28-23(30-25)17-20-11-6-4-7-12-20/h4,6-7,11-12,18-19,21-22,24H,3,5,8-10,13-17H2,1-2H3,(H,31,33)/t19-,22+,24+/m1/s1. The third kappa shape index (κ3) is 5.80. The molecule has 34 heavy (non-hydrogen) atoms. The highest BCUT2D eigenvalue weighted by Crippen LogP contribution is 2.34. The molecular weight excluding hydrogens is 426 g/mol. The second kappa shape index (κ2) is 11.5. The Bertz CT molecular complexity index is 961. The van der Waals surface area contributed by atoms with Crippen LogP contribution in [0.1, 0.15) is 88.5 Å². The molecule has 1 aromatic heterocycles. The number of amides is 2. The number of nitrogens with zero attached hydrogens (tertiary/aromatic N) is 4. The number of nitrogens with one attached hydrogen (secondary N) is 1. The van der Waals surface area contributed by atoms with E-state index in [9.17, 15) is 9.59 Å². The predicted octanol–water partition coefficient (Wildman–Crippen LogP) is 4.24. The van der Waals surface area contributed by atoms with Crippen molar-refractivity contribution in [1.82, 2.24) is 25.2 Å². The molecule has 182 valence electrons. The molecule has 0 radical (unpaired) electrons. The Hall–Kier alpha value is -2.83. The van der Waals surface area contributed by atoms with Crippen molar-refractivity contribution in [2.45, 2.75) is 83.7 Å². The summed E-state index contributed by atoms with van der Waals surface area (Å²) in [7, 11) is 0. The summed E-state index contributed by atoms with van der Waals surface area (Å²) in [6.45, 7) is 4.60. The molecule has 1 saturated carbocycles. The van der Waals surface area contributed by atoms with Crippen LogP contribution in [0.15, 0.2) is 36.7 Å². The average molecular weight is 464 g/mol. The van der Waals surface area contributed by atoms with Gasteiger partial charge < -0.3 is 10.2 Å². The molecule has 2 heterocycles. The van der Waals surface area contributed by atoms with E-state index in [1.54, 1.807) is 6.33 Å². The van der Waals surface area contributed by atoms with Gasteiger partial charge in [-0.2, -0.15) is 0 Å². The van der Waals surface area contributed by atoms with E-state index in [1.807, 2.05) is 36.9 Å². The summed E-state index contributed by atoms with van der Waals surface area (Å²) >= 11 is 0. The third-order valence-electron chi connectivity index (χ3n) is 7.42. The number of carbonyl (C=O) groups is 2. The minimum atomic E-state index is -0.465. The van der Waals surface area contributed by atoms with Gasteiger partial charge in [-0.25, -0.2) is 15.0 Å². The first-order valence-electron chi connectivity index (χ1n) is 12.9. The molecule has 2 aromatic rings. The molecule has 1 aromatic carbocycles. The molecule has 2 aliphatic rings. The summed E-state index contributed by atoms with van der Waals surface area (Å²) in [4.78, 5) is 42.2. The predicted molar refractivity (Wildman–Crippen MR) is 131 cm³/mol. The molecule has 3 atom stereocenters. The number of hydrogen-bond donors (Lipinski definition) is 1. The van der Waals surface area contributed by atoms with Crippen LogP contribution in [0.25, 0.3) is 0 Å². The quantitative estimate of drug-likeness (QED) is 0.633. The van der Waals surface area contributed by atoms with E-state index in [0.29, 0.717) is 24.6 Å². The van der Waals surface area contributed by atoms with Crippen LogP contribution in [0, 0.1) is 11.8 Å². The van der Waals surface area contributed by atoms with Crippen molar-refractivity contribution in [1.29, 1.82) is 0 Å². The Morgan fingerprint density at radius 2 is 1.82 bits per heavy atom. The van der Waals surface area contributed by atoms with Crippen LogP contribution in [0.4, 0.5) is 0 Å². The van der Waals surface area contributed by atoms with Crippen molar-refractivity contribution in [2.75, 3.05) is 6.54 Å². The van der Waals surface area contributed by atoms with Gasteiger partial charge in [0.05, 0.1) is 6.04 Å². The maximum absolute atomic E-state index is 13.9. The molecule has 0 spiro atoms. The number of hydrogen-bond acceptors (Lipinski definition) is 5. The van der Waals surface area contributed by atoms with Crippen molar-refractivity contribution in [3.05, 3.63) is 53.9 Å². The summed E-state index contributed by atoms with van der Waals surface area (Å²) in [6, 6.07) is 9.49. The number of likely N-dealkylation sites (tertiary alicyclic amines) is 1. The molecule has 1 aliphatic heterocycles. The lowest BCUT2D eigenvalue weighted by Crippen LogP contribution is -2.53. The number of benzene rings is 1. The maximum atomic E-state index is 13.9. The van der Waals surface area contributed by atoms with Crippen molar-refractivity contribution in [3.8, 4) is 0 Å². The third-order valence-corrected chi connectivity index (χ3v) is 7.42. The topological polar surface area (TPSA) is 88.1 Å². The van der Waals surface area contributed by atoms with Gasteiger partial charge in [0.15, 0.2) is 5.82 Å². The zero-order valence-electron chi connectivity index (χ0n) is 20.4. The summed E-state index contributed by atoms with van der Waals surface area (Å²) in [5.74, 6) is 1.47. The summed E-state index contributed by atoms with van der Waals surface area (Å²) in [5.41, 5.74) is 1.14. The largest absolute Gasteiger partial charge is 0.344 e. The van der Waals surface area contributed by atoms with E-state index in [4.69, 9.17) is 4.98 Å². The van der Waals surface area contributed by atoms with Crippen LogP contribution >= 0.6 is 0 Å². The second-order valence-corrected chi connectivity index (χ2v) is 9.81. The van der Waals surface area contributed by atoms with Gasteiger partial charge in [0.25, 0.3) is 0 Å². The van der Waals surface area contributed by atoms with E-state index in [0.717, 1.165) is 50.5 Å². The lowest BCUT2D eigenvalue weighted by atomic mass is 9.83. The Balaban J connectivity index is 1.53. The zero-order valence-corrected chi connectivity index (χ0v) is 20.4. The molecule has 7 nitrogen and oxygen atoms in total. The van der Waals surface area contributed by atoms with Gasteiger partial charge in [0, 0.05) is 18.9 Å². The van der Waals surface area contributed by atoms with Crippen molar-refractivity contribution < 1.29 is 9.59 Å². The first-order valence-corrected chi connectivity index (χ1v) is 12.9. The fraction of sp³-hybridized carbons (Fsp3) is 0.593. The number of rotatable bonds is 8. The lowest BCUT2D eigenvalue weighted by Gasteiger charge is -2.35. The molecule has 2 amide bonds. The van der Waals surface area contributed by atoms with E-state index in [2.05, 4.69) is 27.4 Å². The van der Waals surface area contributed by atoms with Crippen LogP contribution in [0.5, 0.6) is 0 Å². The number of aromatic nitrogens is 3. The first kappa shape index (κ1) is 24.3. The van der Waals surface area contributed by atoms with Gasteiger partial charge >= 0.3 is 0 Å². The van der Waals surface area contributed by atoms with Crippen LogP contribution in [-0.4, -0.2) is 44.3 Å². The molecule has 0 bridgehead atoms. The normalized spacial score (nSPS) is 20.6. The van der Waals surface area contributed by atoms with Crippen LogP contribution in [0.3, 0.4) is 0 Å². The Morgan fingerprint density at radius 1 is 1.06 bits per heavy atom. The van der Waals surface area contributed by atoms with E-state index in [-0.39, 0.29) is 29.7 Å². The van der Waals surface area contributed by atoms with E-state index < -0.39 is 6.04 Å². The highest BCUT2D eigenvalue weighted by atomic mass is 16.2. The summed E-state index contributed by atoms with van der Waals surface area (Å²) in [5, 5.41) is 3.15. The fourth-order valence-electron chi connectivity index (χ4n) is 5.18. The van der Waals surface area contributed by atoms with Crippen molar-refractivity contribution >= 4 is 11.8 Å². The van der Waals surface area contributed by atoms with Gasteiger partial charge in [0.2, 0.25) is 11.8 Å². The molecule has 2 fully saturated rings. The molecule has 7 heteroatoms. The van der Waals surface area contributed by atoms with Gasteiger partial charge in [-0.15, -0.1) is 0 Å². The first-order chi connectivity index (χ1) is 16.6. The smallest absolute Gasteiger partial charge is 0.246 e. The summed E-state index contributed by atoms with van der Waals surface area (Å²) < 4.78 is 0. The van der Waals surface area contributed by atoms with Crippen LogP contribution in [0.2, 0.25) is 0 Å². The van der Waals surface area contributed by atoms with E-state index >= 15 is 0 Å². The van der Waals surface area contributed by atoms with Crippen LogP contribution in [-0.2, 0) is 16.0 Å². The van der Waals surface area contributed by atoms with Gasteiger partial charge in [-0.1, -0.05) is 63.4 Å². The molecule has 1 saturated heterocycles. The fourth-order valence-corrected chi connectivity index (χ4v) is 5.18. The second-order valence-electron chi connectivity index (χ2n) is 9.81. The molecular formula is C27H37N5O2. The molecule has 4 rings (SSSR count).